The van der Waals surface area contributed by atoms with Gasteiger partial charge in [0.1, 0.15) is 0 Å². The van der Waals surface area contributed by atoms with Gasteiger partial charge >= 0.3 is 24.2 Å². The number of oxazole rings is 1. The van der Waals surface area contributed by atoms with E-state index in [1.807, 2.05) is 6.92 Å². The molecular formula is C18H17F6N3O4. The van der Waals surface area contributed by atoms with Gasteiger partial charge in [-0.25, -0.2) is 9.78 Å². The van der Waals surface area contributed by atoms with Gasteiger partial charge < -0.3 is 20.2 Å². The smallest absolute Gasteiger partial charge is 0.475 e. The number of alkyl halides is 6. The number of carboxylic acids is 1. The molecule has 1 aromatic carbocycles. The van der Waals surface area contributed by atoms with Crippen LogP contribution in [0.25, 0.3) is 11.3 Å². The van der Waals surface area contributed by atoms with Crippen LogP contribution in [0, 0.1) is 0 Å². The fourth-order valence-corrected chi connectivity index (χ4v) is 2.66. The van der Waals surface area contributed by atoms with Crippen LogP contribution in [0.3, 0.4) is 0 Å². The number of carbonyl (C=O) groups is 2. The van der Waals surface area contributed by atoms with E-state index in [-0.39, 0.29) is 23.3 Å². The minimum absolute atomic E-state index is 0.0172. The molecule has 3 rings (SSSR count). The van der Waals surface area contributed by atoms with Crippen molar-refractivity contribution in [1.29, 1.82) is 0 Å². The van der Waals surface area contributed by atoms with Gasteiger partial charge in [-0.3, -0.25) is 4.79 Å². The Morgan fingerprint density at radius 1 is 1.23 bits per heavy atom. The summed E-state index contributed by atoms with van der Waals surface area (Å²) in [7, 11) is 0. The third-order valence-corrected chi connectivity index (χ3v) is 4.10. The van der Waals surface area contributed by atoms with Crippen molar-refractivity contribution < 1.29 is 45.5 Å². The Kier molecular flexibility index (Phi) is 7.31. The normalized spacial score (nSPS) is 18.8. The first-order chi connectivity index (χ1) is 14.3. The number of halogens is 6. The zero-order chi connectivity index (χ0) is 23.4. The zero-order valence-electron chi connectivity index (χ0n) is 15.8. The molecule has 2 heterocycles. The molecular weight excluding hydrogens is 436 g/mol. The number of amides is 1. The van der Waals surface area contributed by atoms with Crippen LogP contribution in [-0.2, 0) is 11.0 Å². The number of carbonyl (C=O) groups excluding carboxylic acids is 1. The van der Waals surface area contributed by atoms with E-state index in [9.17, 15) is 31.1 Å². The predicted molar refractivity (Wildman–Crippen MR) is 94.0 cm³/mol. The monoisotopic (exact) mass is 453 g/mol. The van der Waals surface area contributed by atoms with Crippen molar-refractivity contribution >= 4 is 11.9 Å². The fraction of sp³-hybridized carbons (Fsp3) is 0.389. The number of aliphatic carboxylic acids is 1. The Bertz CT molecular complexity index is 926. The summed E-state index contributed by atoms with van der Waals surface area (Å²) in [6, 6.07) is 5.00. The van der Waals surface area contributed by atoms with Crippen molar-refractivity contribution in [2.24, 2.45) is 0 Å². The van der Waals surface area contributed by atoms with Gasteiger partial charge in [-0.2, -0.15) is 26.3 Å². The van der Waals surface area contributed by atoms with Crippen LogP contribution in [0.1, 0.15) is 29.6 Å². The molecule has 31 heavy (non-hydrogen) atoms. The van der Waals surface area contributed by atoms with Crippen LogP contribution in [0.2, 0.25) is 0 Å². The van der Waals surface area contributed by atoms with E-state index in [0.29, 0.717) is 12.6 Å². The van der Waals surface area contributed by atoms with Crippen LogP contribution >= 0.6 is 0 Å². The second-order valence-electron chi connectivity index (χ2n) is 6.63. The van der Waals surface area contributed by atoms with Crippen molar-refractivity contribution in [2.75, 3.05) is 6.54 Å². The molecule has 0 aliphatic carbocycles. The number of nitrogens with zero attached hydrogens (tertiary/aromatic N) is 1. The van der Waals surface area contributed by atoms with Crippen molar-refractivity contribution in [3.8, 4) is 11.3 Å². The van der Waals surface area contributed by atoms with Gasteiger partial charge in [0, 0.05) is 24.2 Å². The second-order valence-corrected chi connectivity index (χ2v) is 6.63. The van der Waals surface area contributed by atoms with E-state index in [4.69, 9.17) is 14.3 Å². The summed E-state index contributed by atoms with van der Waals surface area (Å²) in [5, 5.41) is 13.1. The van der Waals surface area contributed by atoms with E-state index >= 15 is 0 Å². The maximum Gasteiger partial charge on any atom is 0.490 e. The first-order valence-corrected chi connectivity index (χ1v) is 8.75. The van der Waals surface area contributed by atoms with Gasteiger partial charge in [0.25, 0.3) is 5.89 Å². The molecule has 1 aromatic heterocycles. The number of benzene rings is 1. The lowest BCUT2D eigenvalue weighted by atomic mass is 10.1. The molecule has 1 saturated heterocycles. The second kappa shape index (κ2) is 9.37. The molecule has 0 bridgehead atoms. The summed E-state index contributed by atoms with van der Waals surface area (Å²) in [6.07, 6.45) is -7.48. The minimum atomic E-state index is -5.08. The van der Waals surface area contributed by atoms with Gasteiger partial charge in [-0.1, -0.05) is 12.1 Å². The molecule has 0 unspecified atom stereocenters. The summed E-state index contributed by atoms with van der Waals surface area (Å²) in [6.45, 7) is 2.68. The van der Waals surface area contributed by atoms with Crippen LogP contribution < -0.4 is 10.6 Å². The predicted octanol–water partition coefficient (Wildman–Crippen LogP) is 3.47. The molecule has 170 valence electrons. The molecule has 0 radical (unpaired) electrons. The van der Waals surface area contributed by atoms with Crippen LogP contribution in [0.4, 0.5) is 26.3 Å². The molecule has 3 N–H and O–H groups in total. The largest absolute Gasteiger partial charge is 0.490 e. The van der Waals surface area contributed by atoms with E-state index < -0.39 is 29.8 Å². The Labute approximate surface area is 171 Å². The molecule has 1 fully saturated rings. The zero-order valence-corrected chi connectivity index (χ0v) is 15.8. The fourth-order valence-electron chi connectivity index (χ4n) is 2.66. The van der Waals surface area contributed by atoms with Crippen molar-refractivity contribution in [1.82, 2.24) is 15.6 Å². The quantitative estimate of drug-likeness (QED) is 0.615. The molecule has 13 heteroatoms. The third-order valence-electron chi connectivity index (χ3n) is 4.10. The van der Waals surface area contributed by atoms with Crippen LogP contribution in [0.15, 0.2) is 34.9 Å². The van der Waals surface area contributed by atoms with Gasteiger partial charge in [0.05, 0.1) is 11.8 Å². The number of carboxylic acid groups (broad SMARTS) is 1. The lowest BCUT2D eigenvalue weighted by Crippen LogP contribution is -2.36. The molecule has 1 aliphatic rings. The molecule has 0 saturated carbocycles. The van der Waals surface area contributed by atoms with E-state index in [0.717, 1.165) is 18.6 Å². The van der Waals surface area contributed by atoms with E-state index in [2.05, 4.69) is 15.6 Å². The molecule has 1 amide bonds. The van der Waals surface area contributed by atoms with E-state index in [1.54, 1.807) is 0 Å². The Morgan fingerprint density at radius 2 is 1.87 bits per heavy atom. The lowest BCUT2D eigenvalue weighted by molar-refractivity contribution is -0.192. The highest BCUT2D eigenvalue weighted by atomic mass is 19.4. The van der Waals surface area contributed by atoms with Gasteiger partial charge in [0.2, 0.25) is 0 Å². The number of nitrogens with one attached hydrogen (secondary N) is 2. The number of hydrogen-bond acceptors (Lipinski definition) is 5. The van der Waals surface area contributed by atoms with Crippen LogP contribution in [0.5, 0.6) is 0 Å². The maximum atomic E-state index is 12.8. The number of rotatable bonds is 3. The van der Waals surface area contributed by atoms with Crippen molar-refractivity contribution in [3.05, 3.63) is 41.9 Å². The SMILES string of the molecule is C[C@@H]1C[C@@H](NC(=O)c2ncc(-c3cccc(C(F)(F)F)c3)o2)CN1.O=C(O)C(F)(F)F. The number of hydrogen-bond donors (Lipinski definition) is 3. The highest BCUT2D eigenvalue weighted by Crippen LogP contribution is 2.32. The molecule has 0 spiro atoms. The summed E-state index contributed by atoms with van der Waals surface area (Å²) in [5.74, 6) is -3.28. The topological polar surface area (TPSA) is 104 Å². The minimum Gasteiger partial charge on any atom is -0.475 e. The van der Waals surface area contributed by atoms with Gasteiger partial charge in [-0.05, 0) is 25.5 Å². The average Bonchev–Trinajstić information content (AvgIpc) is 3.30. The van der Waals surface area contributed by atoms with Gasteiger partial charge in [0.15, 0.2) is 5.76 Å². The molecule has 2 atom stereocenters. The standard InChI is InChI=1S/C16H16F3N3O2.C2HF3O2/c1-9-5-12(7-20-9)22-14(23)15-21-8-13(24-15)10-3-2-4-11(6-10)16(17,18)19;3-2(4,5)1(6)7/h2-4,6,8-9,12,20H,5,7H2,1H3,(H,22,23);(H,6,7)/t9-,12-;/m1./s1. The molecule has 1 aliphatic heterocycles. The summed E-state index contributed by atoms with van der Waals surface area (Å²) in [5.41, 5.74) is -0.569. The highest BCUT2D eigenvalue weighted by molar-refractivity contribution is 5.90. The van der Waals surface area contributed by atoms with E-state index in [1.165, 1.54) is 18.3 Å². The average molecular weight is 453 g/mol. The first-order valence-electron chi connectivity index (χ1n) is 8.75. The summed E-state index contributed by atoms with van der Waals surface area (Å²) < 4.78 is 75.3. The Hall–Kier alpha value is -3.09. The molecule has 2 aromatic rings. The molecule has 7 nitrogen and oxygen atoms in total. The summed E-state index contributed by atoms with van der Waals surface area (Å²) >= 11 is 0. The van der Waals surface area contributed by atoms with Crippen molar-refractivity contribution in [2.45, 2.75) is 37.8 Å². The first kappa shape index (κ1) is 24.2. The summed E-state index contributed by atoms with van der Waals surface area (Å²) in [4.78, 5) is 24.9. The number of aromatic nitrogens is 1. The lowest BCUT2D eigenvalue weighted by Gasteiger charge is -2.09. The third kappa shape index (κ3) is 6.98. The van der Waals surface area contributed by atoms with Gasteiger partial charge in [-0.15, -0.1) is 0 Å². The Balaban J connectivity index is 0.000000423. The van der Waals surface area contributed by atoms with Crippen molar-refractivity contribution in [3.63, 3.8) is 0 Å². The van der Waals surface area contributed by atoms with Crippen LogP contribution in [-0.4, -0.2) is 46.8 Å². The maximum absolute atomic E-state index is 12.8. The Morgan fingerprint density at radius 3 is 2.39 bits per heavy atom. The highest BCUT2D eigenvalue weighted by Gasteiger charge is 2.38.